The lowest BCUT2D eigenvalue weighted by molar-refractivity contribution is -0.139. The van der Waals surface area contributed by atoms with Crippen LogP contribution in [0.5, 0.6) is 0 Å². The van der Waals surface area contributed by atoms with Crippen LogP contribution in [0.2, 0.25) is 0 Å². The molecule has 0 aliphatic heterocycles. The number of carboxylic acids is 1. The van der Waals surface area contributed by atoms with Crippen LogP contribution in [0.4, 0.5) is 4.79 Å². The Kier molecular flexibility index (Phi) is 10.1. The second kappa shape index (κ2) is 11.0. The van der Waals surface area contributed by atoms with Crippen LogP contribution in [0, 0.1) is 12.3 Å². The van der Waals surface area contributed by atoms with Crippen LogP contribution in [-0.4, -0.2) is 65.7 Å². The molecule has 0 radical (unpaired) electrons. The first-order valence-electron chi connectivity index (χ1n) is 7.44. The van der Waals surface area contributed by atoms with E-state index in [1.165, 1.54) is 0 Å². The van der Waals surface area contributed by atoms with Gasteiger partial charge in [0, 0.05) is 19.5 Å². The third kappa shape index (κ3) is 7.57. The smallest absolute Gasteiger partial charge is 0.327 e. The summed E-state index contributed by atoms with van der Waals surface area (Å²) >= 11 is 0. The van der Waals surface area contributed by atoms with Crippen LogP contribution < -0.4 is 5.32 Å². The molecule has 1 unspecified atom stereocenters. The number of amides is 2. The summed E-state index contributed by atoms with van der Waals surface area (Å²) in [6.45, 7) is 10.1. The summed E-state index contributed by atoms with van der Waals surface area (Å²) in [7, 11) is 0. The van der Waals surface area contributed by atoms with Gasteiger partial charge < -0.3 is 20.2 Å². The van der Waals surface area contributed by atoms with E-state index in [1.54, 1.807) is 4.90 Å². The Hall–Kier alpha value is -1.74. The van der Waals surface area contributed by atoms with Gasteiger partial charge >= 0.3 is 12.0 Å². The Balaban J connectivity index is 4.35. The highest BCUT2D eigenvalue weighted by Gasteiger charge is 2.21. The van der Waals surface area contributed by atoms with Gasteiger partial charge in [-0.15, -0.1) is 12.3 Å². The van der Waals surface area contributed by atoms with E-state index in [2.05, 4.69) is 30.0 Å². The lowest BCUT2D eigenvalue weighted by Gasteiger charge is -2.25. The number of urea groups is 1. The highest BCUT2D eigenvalue weighted by molar-refractivity contribution is 5.82. The minimum Gasteiger partial charge on any atom is -0.480 e. The molecule has 1 atom stereocenters. The number of aliphatic carboxylic acids is 1. The normalized spacial score (nSPS) is 11.8. The van der Waals surface area contributed by atoms with Gasteiger partial charge in [-0.2, -0.15) is 0 Å². The summed E-state index contributed by atoms with van der Waals surface area (Å²) in [5, 5.41) is 11.5. The summed E-state index contributed by atoms with van der Waals surface area (Å²) in [5.74, 6) is 1.15. The lowest BCUT2D eigenvalue weighted by Crippen LogP contribution is -2.48. The van der Waals surface area contributed by atoms with Crippen LogP contribution in [0.25, 0.3) is 0 Å². The quantitative estimate of drug-likeness (QED) is 0.595. The molecule has 0 heterocycles. The fourth-order valence-corrected chi connectivity index (χ4v) is 1.99. The largest absolute Gasteiger partial charge is 0.480 e. The van der Waals surface area contributed by atoms with Gasteiger partial charge in [0.2, 0.25) is 0 Å². The maximum absolute atomic E-state index is 12.0. The Bertz CT molecular complexity index is 362. The number of terminal acetylenes is 1. The molecule has 120 valence electrons. The molecule has 21 heavy (non-hydrogen) atoms. The number of carboxylic acid groups (broad SMARTS) is 1. The topological polar surface area (TPSA) is 72.9 Å². The highest BCUT2D eigenvalue weighted by atomic mass is 16.4. The maximum atomic E-state index is 12.0. The van der Waals surface area contributed by atoms with Gasteiger partial charge in [-0.3, -0.25) is 0 Å². The van der Waals surface area contributed by atoms with E-state index >= 15 is 0 Å². The number of nitrogens with zero attached hydrogens (tertiary/aromatic N) is 2. The van der Waals surface area contributed by atoms with Gasteiger partial charge in [-0.25, -0.2) is 9.59 Å². The molecule has 0 bridgehead atoms. The molecule has 6 nitrogen and oxygen atoms in total. The molecule has 0 rings (SSSR count). The summed E-state index contributed by atoms with van der Waals surface area (Å²) in [4.78, 5) is 26.9. The predicted octanol–water partition coefficient (Wildman–Crippen LogP) is 1.23. The van der Waals surface area contributed by atoms with Crippen molar-refractivity contribution in [2.75, 3.05) is 32.7 Å². The summed E-state index contributed by atoms with van der Waals surface area (Å²) < 4.78 is 0. The van der Waals surface area contributed by atoms with Gasteiger partial charge in [0.15, 0.2) is 0 Å². The molecular weight excluding hydrogens is 270 g/mol. The summed E-state index contributed by atoms with van der Waals surface area (Å²) in [6.07, 6.45) is 5.95. The third-order valence-corrected chi connectivity index (χ3v) is 3.38. The minimum absolute atomic E-state index is 0.0158. The van der Waals surface area contributed by atoms with Crippen molar-refractivity contribution in [2.45, 2.75) is 39.7 Å². The molecule has 0 aromatic heterocycles. The fourth-order valence-electron chi connectivity index (χ4n) is 1.99. The van der Waals surface area contributed by atoms with Gasteiger partial charge in [0.1, 0.15) is 6.04 Å². The highest BCUT2D eigenvalue weighted by Crippen LogP contribution is 1.99. The molecule has 0 saturated carbocycles. The lowest BCUT2D eigenvalue weighted by atomic mass is 10.2. The van der Waals surface area contributed by atoms with E-state index in [9.17, 15) is 9.59 Å². The van der Waals surface area contributed by atoms with Crippen LogP contribution in [0.15, 0.2) is 0 Å². The van der Waals surface area contributed by atoms with Crippen LogP contribution >= 0.6 is 0 Å². The van der Waals surface area contributed by atoms with Crippen LogP contribution in [0.1, 0.15) is 33.6 Å². The van der Waals surface area contributed by atoms with Crippen molar-refractivity contribution < 1.29 is 14.7 Å². The molecule has 6 heteroatoms. The van der Waals surface area contributed by atoms with Gasteiger partial charge in [0.25, 0.3) is 0 Å². The van der Waals surface area contributed by atoms with E-state index in [0.717, 1.165) is 26.1 Å². The van der Waals surface area contributed by atoms with E-state index < -0.39 is 12.0 Å². The first kappa shape index (κ1) is 19.3. The first-order valence-corrected chi connectivity index (χ1v) is 7.44. The number of hydrogen-bond acceptors (Lipinski definition) is 3. The summed E-state index contributed by atoms with van der Waals surface area (Å²) in [6, 6.07) is -1.40. The molecule has 0 spiro atoms. The number of hydrogen-bond donors (Lipinski definition) is 2. The Labute approximate surface area is 127 Å². The maximum Gasteiger partial charge on any atom is 0.327 e. The van der Waals surface area contributed by atoms with Crippen molar-refractivity contribution in [3.8, 4) is 12.3 Å². The number of carbonyl (C=O) groups is 2. The van der Waals surface area contributed by atoms with E-state index in [-0.39, 0.29) is 12.5 Å². The zero-order chi connectivity index (χ0) is 16.3. The Morgan fingerprint density at radius 3 is 2.24 bits per heavy atom. The molecule has 2 N–H and O–H groups in total. The molecule has 0 aliphatic carbocycles. The molecule has 0 fully saturated rings. The standard InChI is InChI=1S/C15H27N3O3/c1-5-10-13(14(19)20)16-15(21)18(8-4)12-9-11-17(6-2)7-3/h1,13H,6-12H2,2-4H3,(H,16,21)(H,19,20). The van der Waals surface area contributed by atoms with E-state index in [4.69, 9.17) is 11.5 Å². The van der Waals surface area contributed by atoms with Crippen molar-refractivity contribution in [3.63, 3.8) is 0 Å². The van der Waals surface area contributed by atoms with E-state index in [1.807, 2.05) is 6.92 Å². The van der Waals surface area contributed by atoms with Crippen molar-refractivity contribution in [1.29, 1.82) is 0 Å². The Morgan fingerprint density at radius 2 is 1.81 bits per heavy atom. The fraction of sp³-hybridized carbons (Fsp3) is 0.733. The number of nitrogens with one attached hydrogen (secondary N) is 1. The average Bonchev–Trinajstić information content (AvgIpc) is 2.46. The molecular formula is C15H27N3O3. The SMILES string of the molecule is C#CCC(NC(=O)N(CC)CCCN(CC)CC)C(=O)O. The molecule has 0 aliphatic rings. The second-order valence-electron chi connectivity index (χ2n) is 4.71. The molecule has 0 saturated heterocycles. The first-order chi connectivity index (χ1) is 9.99. The predicted molar refractivity (Wildman–Crippen MR) is 83.1 cm³/mol. The number of carbonyl (C=O) groups excluding carboxylic acids is 1. The van der Waals surface area contributed by atoms with Crippen LogP contribution in [0.3, 0.4) is 0 Å². The molecule has 0 aromatic carbocycles. The van der Waals surface area contributed by atoms with Gasteiger partial charge in [0.05, 0.1) is 0 Å². The zero-order valence-electron chi connectivity index (χ0n) is 13.3. The average molecular weight is 297 g/mol. The number of rotatable bonds is 10. The van der Waals surface area contributed by atoms with E-state index in [0.29, 0.717) is 13.1 Å². The molecule has 2 amide bonds. The van der Waals surface area contributed by atoms with Crippen molar-refractivity contribution in [1.82, 2.24) is 15.1 Å². The monoisotopic (exact) mass is 297 g/mol. The molecule has 0 aromatic rings. The van der Waals surface area contributed by atoms with Crippen molar-refractivity contribution >= 4 is 12.0 Å². The zero-order valence-corrected chi connectivity index (χ0v) is 13.3. The minimum atomic E-state index is -1.11. The third-order valence-electron chi connectivity index (χ3n) is 3.38. The van der Waals surface area contributed by atoms with Crippen molar-refractivity contribution in [3.05, 3.63) is 0 Å². The van der Waals surface area contributed by atoms with Gasteiger partial charge in [-0.1, -0.05) is 13.8 Å². The van der Waals surface area contributed by atoms with Crippen molar-refractivity contribution in [2.24, 2.45) is 0 Å². The summed E-state index contributed by atoms with van der Waals surface area (Å²) in [5.41, 5.74) is 0. The Morgan fingerprint density at radius 1 is 1.19 bits per heavy atom. The van der Waals surface area contributed by atoms with Gasteiger partial charge in [-0.05, 0) is 33.0 Å². The second-order valence-corrected chi connectivity index (χ2v) is 4.71. The van der Waals surface area contributed by atoms with Crippen LogP contribution in [-0.2, 0) is 4.79 Å².